The predicted molar refractivity (Wildman–Crippen MR) is 149 cm³/mol. The van der Waals surface area contributed by atoms with Gasteiger partial charge in [-0.3, -0.25) is 4.79 Å². The molecule has 3 aromatic heterocycles. The molecule has 192 valence electrons. The number of carbonyl (C=O) groups is 1. The molecule has 3 heterocycles. The lowest BCUT2D eigenvalue weighted by molar-refractivity contribution is -0.111. The first-order chi connectivity index (χ1) is 18.1. The molecular weight excluding hydrogens is 504 g/mol. The highest BCUT2D eigenvalue weighted by Gasteiger charge is 2.09. The largest absolute Gasteiger partial charge is 0.457 e. The van der Waals surface area contributed by atoms with Gasteiger partial charge in [-0.15, -0.1) is 12.4 Å². The number of hydrogen-bond donors (Lipinski definition) is 3. The number of nitrogens with one attached hydrogen (secondary N) is 3. The Hall–Kier alpha value is -4.72. The Kier molecular flexibility index (Phi) is 8.33. The number of halogens is 1. The Morgan fingerprint density at radius 3 is 2.74 bits per heavy atom. The number of aryl methyl sites for hydroxylation is 1. The molecule has 0 aliphatic carbocycles. The Morgan fingerprint density at radius 2 is 1.89 bits per heavy atom. The van der Waals surface area contributed by atoms with E-state index in [0.717, 1.165) is 34.4 Å². The average Bonchev–Trinajstić information content (AvgIpc) is 3.37. The van der Waals surface area contributed by atoms with Crippen LogP contribution < -0.4 is 20.7 Å². The van der Waals surface area contributed by atoms with Crippen LogP contribution in [0, 0.1) is 18.8 Å². The van der Waals surface area contributed by atoms with Gasteiger partial charge in [-0.25, -0.2) is 19.5 Å². The van der Waals surface area contributed by atoms with Gasteiger partial charge in [-0.05, 0) is 67.9 Å². The van der Waals surface area contributed by atoms with E-state index in [9.17, 15) is 4.79 Å². The number of rotatable bonds is 7. The number of hydrogen-bond acceptors (Lipinski definition) is 8. The fourth-order valence-corrected chi connectivity index (χ4v) is 3.69. The van der Waals surface area contributed by atoms with Gasteiger partial charge in [-0.2, -0.15) is 5.10 Å². The summed E-state index contributed by atoms with van der Waals surface area (Å²) >= 11 is 0. The van der Waals surface area contributed by atoms with Crippen molar-refractivity contribution in [2.45, 2.75) is 13.3 Å². The minimum Gasteiger partial charge on any atom is -0.457 e. The van der Waals surface area contributed by atoms with Crippen molar-refractivity contribution >= 4 is 52.1 Å². The number of carbonyl (C=O) groups excluding carboxylic acids is 1. The van der Waals surface area contributed by atoms with E-state index < -0.39 is 0 Å². The molecule has 38 heavy (non-hydrogen) atoms. The fourth-order valence-electron chi connectivity index (χ4n) is 3.69. The molecule has 0 radical (unpaired) electrons. The quantitative estimate of drug-likeness (QED) is 0.209. The molecule has 0 bridgehead atoms. The van der Waals surface area contributed by atoms with Gasteiger partial charge in [-0.1, -0.05) is 5.92 Å². The predicted octanol–water partition coefficient (Wildman–Crippen LogP) is 4.49. The van der Waals surface area contributed by atoms with Crippen molar-refractivity contribution in [3.05, 3.63) is 72.9 Å². The molecule has 2 aromatic carbocycles. The lowest BCUT2D eigenvalue weighted by Crippen LogP contribution is -2.09. The van der Waals surface area contributed by atoms with E-state index in [1.54, 1.807) is 16.8 Å². The number of nitrogens with zero attached hydrogens (tertiary/aromatic N) is 5. The Balaban J connectivity index is 0.00000336. The van der Waals surface area contributed by atoms with E-state index in [-0.39, 0.29) is 18.3 Å². The van der Waals surface area contributed by atoms with Crippen LogP contribution in [-0.2, 0) is 4.79 Å². The maximum absolute atomic E-state index is 12.2. The van der Waals surface area contributed by atoms with Gasteiger partial charge in [0.1, 0.15) is 30.0 Å². The summed E-state index contributed by atoms with van der Waals surface area (Å²) in [5.74, 6) is 7.09. The van der Waals surface area contributed by atoms with Crippen LogP contribution in [0.3, 0.4) is 0 Å². The summed E-state index contributed by atoms with van der Waals surface area (Å²) in [7, 11) is 1.84. The van der Waals surface area contributed by atoms with E-state index in [2.05, 4.69) is 47.8 Å². The molecule has 5 rings (SSSR count). The summed E-state index contributed by atoms with van der Waals surface area (Å²) in [6, 6.07) is 14.9. The van der Waals surface area contributed by atoms with Gasteiger partial charge >= 0.3 is 0 Å². The zero-order valence-electron chi connectivity index (χ0n) is 20.7. The van der Waals surface area contributed by atoms with Gasteiger partial charge in [0.25, 0.3) is 5.91 Å². The first kappa shape index (κ1) is 26.3. The van der Waals surface area contributed by atoms with E-state index in [1.165, 1.54) is 12.7 Å². The molecule has 0 spiro atoms. The topological polar surface area (TPSA) is 118 Å². The summed E-state index contributed by atoms with van der Waals surface area (Å²) in [5.41, 5.74) is 3.84. The number of amides is 1. The monoisotopic (exact) mass is 528 g/mol. The number of benzene rings is 2. The number of fused-ring (bicyclic) bond motifs is 2. The summed E-state index contributed by atoms with van der Waals surface area (Å²) < 4.78 is 7.74. The van der Waals surface area contributed by atoms with E-state index in [4.69, 9.17) is 4.74 Å². The Labute approximate surface area is 225 Å². The standard InChI is InChI=1S/C27H24N8O2.ClH/c1-18-13-19(7-9-24(18)37-21-10-12-35-25(15-21)30-17-32-35)34-27-22-14-20(6-8-23(22)29-16-31-27)33-26(36)5-3-4-11-28-2;/h6-10,12-17,28H,4,11H2,1-2H3,(H,33,36)(H,29,31,34);1H. The molecule has 10 nitrogen and oxygen atoms in total. The van der Waals surface area contributed by atoms with Gasteiger partial charge in [0.15, 0.2) is 5.65 Å². The van der Waals surface area contributed by atoms with Crippen molar-refractivity contribution in [3.8, 4) is 23.3 Å². The highest BCUT2D eigenvalue weighted by atomic mass is 35.5. The number of aromatic nitrogens is 5. The van der Waals surface area contributed by atoms with Crippen molar-refractivity contribution in [2.75, 3.05) is 24.2 Å². The zero-order valence-corrected chi connectivity index (χ0v) is 21.5. The van der Waals surface area contributed by atoms with Crippen LogP contribution in [0.25, 0.3) is 16.6 Å². The molecule has 5 aromatic rings. The van der Waals surface area contributed by atoms with Gasteiger partial charge in [0, 0.05) is 42.0 Å². The first-order valence-corrected chi connectivity index (χ1v) is 11.6. The molecule has 0 aliphatic heterocycles. The molecule has 0 aliphatic rings. The van der Waals surface area contributed by atoms with Crippen molar-refractivity contribution in [1.82, 2.24) is 29.9 Å². The second-order valence-electron chi connectivity index (χ2n) is 8.20. The minimum absolute atomic E-state index is 0. The van der Waals surface area contributed by atoms with Crippen molar-refractivity contribution in [2.24, 2.45) is 0 Å². The maximum Gasteiger partial charge on any atom is 0.300 e. The van der Waals surface area contributed by atoms with Crippen molar-refractivity contribution in [1.29, 1.82) is 0 Å². The number of ether oxygens (including phenoxy) is 1. The highest BCUT2D eigenvalue weighted by Crippen LogP contribution is 2.30. The minimum atomic E-state index is -0.365. The molecule has 0 fully saturated rings. The molecule has 1 amide bonds. The molecule has 0 unspecified atom stereocenters. The molecule has 0 saturated heterocycles. The van der Waals surface area contributed by atoms with Gasteiger partial charge in [0.2, 0.25) is 0 Å². The van der Waals surface area contributed by atoms with Gasteiger partial charge in [0.05, 0.1) is 5.52 Å². The third-order valence-corrected chi connectivity index (χ3v) is 5.51. The van der Waals surface area contributed by atoms with Gasteiger partial charge < -0.3 is 20.7 Å². The van der Waals surface area contributed by atoms with Crippen LogP contribution in [-0.4, -0.2) is 44.1 Å². The third-order valence-electron chi connectivity index (χ3n) is 5.51. The Morgan fingerprint density at radius 1 is 1.03 bits per heavy atom. The summed E-state index contributed by atoms with van der Waals surface area (Å²) in [6.45, 7) is 2.70. The third kappa shape index (κ3) is 6.15. The smallest absolute Gasteiger partial charge is 0.300 e. The van der Waals surface area contributed by atoms with E-state index in [0.29, 0.717) is 29.3 Å². The molecule has 11 heteroatoms. The summed E-state index contributed by atoms with van der Waals surface area (Å²) in [5, 5.41) is 14.0. The molecule has 3 N–H and O–H groups in total. The lowest BCUT2D eigenvalue weighted by Gasteiger charge is -2.13. The normalized spacial score (nSPS) is 10.4. The summed E-state index contributed by atoms with van der Waals surface area (Å²) in [4.78, 5) is 25.1. The van der Waals surface area contributed by atoms with Crippen LogP contribution in [0.4, 0.5) is 17.2 Å². The second kappa shape index (κ2) is 12.0. The SMILES string of the molecule is CNCCC#CC(=O)Nc1ccc2ncnc(Nc3ccc(Oc4ccn5ncnc5c4)c(C)c3)c2c1.Cl. The average molecular weight is 529 g/mol. The number of pyridine rings is 1. The van der Waals surface area contributed by atoms with Crippen LogP contribution in [0.1, 0.15) is 12.0 Å². The molecular formula is C27H25ClN8O2. The Bertz CT molecular complexity index is 1660. The van der Waals surface area contributed by atoms with E-state index in [1.807, 2.05) is 56.4 Å². The lowest BCUT2D eigenvalue weighted by atomic mass is 10.1. The van der Waals surface area contributed by atoms with Crippen LogP contribution in [0.5, 0.6) is 11.5 Å². The molecule has 0 saturated carbocycles. The van der Waals surface area contributed by atoms with Crippen LogP contribution in [0.2, 0.25) is 0 Å². The fraction of sp³-hybridized carbons (Fsp3) is 0.148. The maximum atomic E-state index is 12.2. The van der Waals surface area contributed by atoms with Crippen LogP contribution in [0.15, 0.2) is 67.4 Å². The van der Waals surface area contributed by atoms with Crippen molar-refractivity contribution in [3.63, 3.8) is 0 Å². The van der Waals surface area contributed by atoms with E-state index >= 15 is 0 Å². The highest BCUT2D eigenvalue weighted by molar-refractivity contribution is 6.05. The summed E-state index contributed by atoms with van der Waals surface area (Å²) in [6.07, 6.45) is 5.40. The zero-order chi connectivity index (χ0) is 25.6. The first-order valence-electron chi connectivity index (χ1n) is 11.6. The van der Waals surface area contributed by atoms with Crippen molar-refractivity contribution < 1.29 is 9.53 Å². The molecule has 0 atom stereocenters. The number of anilines is 3. The second-order valence-corrected chi connectivity index (χ2v) is 8.20. The van der Waals surface area contributed by atoms with Crippen LogP contribution >= 0.6 is 12.4 Å².